The summed E-state index contributed by atoms with van der Waals surface area (Å²) in [5.74, 6) is 0.299. The van der Waals surface area contributed by atoms with Gasteiger partial charge >= 0.3 is 0 Å². The third-order valence-corrected chi connectivity index (χ3v) is 5.38. The number of halogens is 1. The first kappa shape index (κ1) is 21.8. The Balaban J connectivity index is 1.88. The van der Waals surface area contributed by atoms with Crippen LogP contribution in [-0.2, 0) is 6.42 Å². The van der Waals surface area contributed by atoms with Crippen molar-refractivity contribution in [1.82, 2.24) is 0 Å². The number of aliphatic hydroxyl groups is 1. The molecule has 3 aromatic rings. The van der Waals surface area contributed by atoms with Gasteiger partial charge in [0.2, 0.25) is 0 Å². The summed E-state index contributed by atoms with van der Waals surface area (Å²) in [5, 5.41) is 9.40. The van der Waals surface area contributed by atoms with Crippen molar-refractivity contribution in [3.63, 3.8) is 0 Å². The van der Waals surface area contributed by atoms with Crippen LogP contribution >= 0.6 is 0 Å². The fraction of sp³-hybridized carbons (Fsp3) is 0.259. The number of rotatable bonds is 9. The Labute approximate surface area is 178 Å². The molecule has 0 unspecified atom stereocenters. The predicted octanol–water partition coefficient (Wildman–Crippen LogP) is 6.91. The smallest absolute Gasteiger partial charge is 0.131 e. The zero-order chi connectivity index (χ0) is 21.5. The first-order valence-electron chi connectivity index (χ1n) is 10.4. The summed E-state index contributed by atoms with van der Waals surface area (Å²) < 4.78 is 20.4. The summed E-state index contributed by atoms with van der Waals surface area (Å²) in [6, 6.07) is 19.1. The zero-order valence-electron chi connectivity index (χ0n) is 17.7. The molecule has 0 saturated carbocycles. The van der Waals surface area contributed by atoms with Gasteiger partial charge in [-0.05, 0) is 70.5 Å². The lowest BCUT2D eigenvalue weighted by Gasteiger charge is -2.12. The first-order valence-corrected chi connectivity index (χ1v) is 10.4. The number of aliphatic hydroxyl groups excluding tert-OH is 1. The van der Waals surface area contributed by atoms with Crippen LogP contribution in [0.25, 0.3) is 27.8 Å². The molecule has 3 heteroatoms. The summed E-state index contributed by atoms with van der Waals surface area (Å²) in [6.45, 7) is 5.90. The lowest BCUT2D eigenvalue weighted by molar-refractivity contribution is 0.350. The average molecular weight is 405 g/mol. The van der Waals surface area contributed by atoms with E-state index in [9.17, 15) is 5.11 Å². The second-order valence-corrected chi connectivity index (χ2v) is 7.56. The van der Waals surface area contributed by atoms with Crippen LogP contribution in [0.1, 0.15) is 37.3 Å². The summed E-state index contributed by atoms with van der Waals surface area (Å²) in [7, 11) is 1.57. The fourth-order valence-corrected chi connectivity index (χ4v) is 3.54. The van der Waals surface area contributed by atoms with Crippen molar-refractivity contribution >= 4 is 5.57 Å². The SMILES string of the molecule is C=C(CO)c1cc(OC)cc(-c2ccc(-c3ccc(CCCCC)cc3)cc2F)c1. The molecule has 0 heterocycles. The van der Waals surface area contributed by atoms with Crippen molar-refractivity contribution in [1.29, 1.82) is 0 Å². The lowest BCUT2D eigenvalue weighted by atomic mass is 9.96. The predicted molar refractivity (Wildman–Crippen MR) is 123 cm³/mol. The number of aryl methyl sites for hydroxylation is 1. The number of ether oxygens (including phenoxy) is 1. The maximum Gasteiger partial charge on any atom is 0.131 e. The summed E-state index contributed by atoms with van der Waals surface area (Å²) in [6.07, 6.45) is 4.74. The number of benzene rings is 3. The minimum atomic E-state index is -0.298. The number of unbranched alkanes of at least 4 members (excludes halogenated alkanes) is 2. The molecule has 3 rings (SSSR count). The molecule has 0 saturated heterocycles. The van der Waals surface area contributed by atoms with Gasteiger partial charge in [0.05, 0.1) is 13.7 Å². The van der Waals surface area contributed by atoms with Gasteiger partial charge in [-0.3, -0.25) is 0 Å². The Morgan fingerprint density at radius 2 is 1.67 bits per heavy atom. The molecule has 0 fully saturated rings. The topological polar surface area (TPSA) is 29.5 Å². The standard InChI is InChI=1S/C27H29FO2/c1-4-5-6-7-20-8-10-21(11-9-20)22-12-13-26(27(28)17-22)24-14-23(19(2)18-29)15-25(16-24)30-3/h8-17,29H,2,4-7,18H2,1,3H3. The monoisotopic (exact) mass is 404 g/mol. The van der Waals surface area contributed by atoms with E-state index in [1.54, 1.807) is 31.4 Å². The third kappa shape index (κ3) is 5.17. The lowest BCUT2D eigenvalue weighted by Crippen LogP contribution is -1.94. The molecule has 1 N–H and O–H groups in total. The third-order valence-electron chi connectivity index (χ3n) is 5.38. The van der Waals surface area contributed by atoms with Gasteiger partial charge in [-0.15, -0.1) is 0 Å². The highest BCUT2D eigenvalue weighted by molar-refractivity contribution is 5.76. The van der Waals surface area contributed by atoms with E-state index in [0.29, 0.717) is 22.4 Å². The van der Waals surface area contributed by atoms with Crippen LogP contribution in [0.4, 0.5) is 4.39 Å². The van der Waals surface area contributed by atoms with E-state index in [2.05, 4.69) is 37.8 Å². The van der Waals surface area contributed by atoms with E-state index in [4.69, 9.17) is 4.74 Å². The minimum Gasteiger partial charge on any atom is -0.497 e. The number of hydrogen-bond acceptors (Lipinski definition) is 2. The van der Waals surface area contributed by atoms with Crippen LogP contribution in [0.15, 0.2) is 67.2 Å². The Hall–Kier alpha value is -2.91. The van der Waals surface area contributed by atoms with Crippen LogP contribution in [0.2, 0.25) is 0 Å². The van der Waals surface area contributed by atoms with E-state index in [1.165, 1.54) is 24.8 Å². The van der Waals surface area contributed by atoms with Gasteiger partial charge < -0.3 is 9.84 Å². The molecule has 0 bridgehead atoms. The van der Waals surface area contributed by atoms with E-state index in [-0.39, 0.29) is 12.4 Å². The molecule has 0 aliphatic heterocycles. The average Bonchev–Trinajstić information content (AvgIpc) is 2.78. The van der Waals surface area contributed by atoms with Crippen molar-refractivity contribution in [3.05, 3.63) is 84.2 Å². The van der Waals surface area contributed by atoms with Gasteiger partial charge in [0.15, 0.2) is 0 Å². The van der Waals surface area contributed by atoms with Crippen molar-refractivity contribution < 1.29 is 14.2 Å². The summed E-state index contributed by atoms with van der Waals surface area (Å²) in [4.78, 5) is 0. The van der Waals surface area contributed by atoms with Crippen molar-refractivity contribution in [2.75, 3.05) is 13.7 Å². The van der Waals surface area contributed by atoms with Gasteiger partial charge in [0, 0.05) is 5.56 Å². The molecule has 0 radical (unpaired) electrons. The minimum absolute atomic E-state index is 0.164. The Morgan fingerprint density at radius 3 is 2.30 bits per heavy atom. The summed E-state index contributed by atoms with van der Waals surface area (Å²) in [5.41, 5.74) is 5.63. The maximum absolute atomic E-state index is 15.0. The molecular formula is C27H29FO2. The van der Waals surface area contributed by atoms with Crippen LogP contribution in [0, 0.1) is 5.82 Å². The molecule has 0 aliphatic carbocycles. The molecular weight excluding hydrogens is 375 g/mol. The largest absolute Gasteiger partial charge is 0.497 e. The number of methoxy groups -OCH3 is 1. The molecule has 156 valence electrons. The molecule has 0 amide bonds. The van der Waals surface area contributed by atoms with Gasteiger partial charge in [-0.1, -0.05) is 62.7 Å². The van der Waals surface area contributed by atoms with Crippen molar-refractivity contribution in [2.24, 2.45) is 0 Å². The van der Waals surface area contributed by atoms with Crippen LogP contribution in [0.5, 0.6) is 5.75 Å². The second kappa shape index (κ2) is 10.2. The first-order chi connectivity index (χ1) is 14.5. The Kier molecular flexibility index (Phi) is 7.42. The quantitative estimate of drug-likeness (QED) is 0.393. The van der Waals surface area contributed by atoms with Crippen molar-refractivity contribution in [2.45, 2.75) is 32.6 Å². The van der Waals surface area contributed by atoms with Crippen LogP contribution in [-0.4, -0.2) is 18.8 Å². The molecule has 0 atom stereocenters. The highest BCUT2D eigenvalue weighted by Crippen LogP contribution is 2.32. The van der Waals surface area contributed by atoms with Crippen LogP contribution < -0.4 is 4.74 Å². The van der Waals surface area contributed by atoms with Gasteiger partial charge in [-0.2, -0.15) is 0 Å². The number of hydrogen-bond donors (Lipinski definition) is 1. The Bertz CT molecular complexity index is 1010. The molecule has 0 aromatic heterocycles. The van der Waals surface area contributed by atoms with Crippen molar-refractivity contribution in [3.8, 4) is 28.0 Å². The van der Waals surface area contributed by atoms with E-state index in [1.807, 2.05) is 12.1 Å². The zero-order valence-corrected chi connectivity index (χ0v) is 17.7. The Morgan fingerprint density at radius 1 is 0.933 bits per heavy atom. The van der Waals surface area contributed by atoms with E-state index in [0.717, 1.165) is 23.1 Å². The highest BCUT2D eigenvalue weighted by Gasteiger charge is 2.11. The molecule has 30 heavy (non-hydrogen) atoms. The van der Waals surface area contributed by atoms with Crippen LogP contribution in [0.3, 0.4) is 0 Å². The second-order valence-electron chi connectivity index (χ2n) is 7.56. The van der Waals surface area contributed by atoms with Gasteiger partial charge in [-0.25, -0.2) is 4.39 Å². The molecule has 0 spiro atoms. The van der Waals surface area contributed by atoms with E-state index >= 15 is 4.39 Å². The maximum atomic E-state index is 15.0. The summed E-state index contributed by atoms with van der Waals surface area (Å²) >= 11 is 0. The molecule has 2 nitrogen and oxygen atoms in total. The van der Waals surface area contributed by atoms with Gasteiger partial charge in [0.25, 0.3) is 0 Å². The molecule has 0 aliphatic rings. The molecule has 3 aromatic carbocycles. The van der Waals surface area contributed by atoms with E-state index < -0.39 is 0 Å². The normalized spacial score (nSPS) is 10.8. The fourth-order valence-electron chi connectivity index (χ4n) is 3.54. The van der Waals surface area contributed by atoms with Gasteiger partial charge in [0.1, 0.15) is 11.6 Å². The highest BCUT2D eigenvalue weighted by atomic mass is 19.1.